The molecule has 128 valence electrons. The first-order chi connectivity index (χ1) is 11.6. The highest BCUT2D eigenvalue weighted by molar-refractivity contribution is 5.97. The quantitative estimate of drug-likeness (QED) is 0.321. The summed E-state index contributed by atoms with van der Waals surface area (Å²) in [6, 6.07) is 8.21. The van der Waals surface area contributed by atoms with Crippen molar-refractivity contribution in [2.45, 2.75) is 32.4 Å². The third-order valence-electron chi connectivity index (χ3n) is 3.50. The van der Waals surface area contributed by atoms with Crippen molar-refractivity contribution in [2.24, 2.45) is 7.05 Å². The number of nitrogens with zero attached hydrogens (tertiary/aromatic N) is 2. The predicted molar refractivity (Wildman–Crippen MR) is 86.8 cm³/mol. The van der Waals surface area contributed by atoms with Crippen molar-refractivity contribution < 1.29 is 23.6 Å². The van der Waals surface area contributed by atoms with Crippen LogP contribution in [-0.4, -0.2) is 23.1 Å². The number of carbonyl (C=O) groups is 2. The summed E-state index contributed by atoms with van der Waals surface area (Å²) >= 11 is 0. The van der Waals surface area contributed by atoms with E-state index >= 15 is 0 Å². The maximum absolute atomic E-state index is 12.4. The van der Waals surface area contributed by atoms with Gasteiger partial charge < -0.3 is 9.47 Å². The van der Waals surface area contributed by atoms with E-state index in [2.05, 4.69) is 0 Å². The minimum atomic E-state index is -1.13. The maximum atomic E-state index is 12.4. The number of ether oxygens (including phenoxy) is 2. The zero-order valence-corrected chi connectivity index (χ0v) is 14.1. The first-order valence-corrected chi connectivity index (χ1v) is 8.01. The second kappa shape index (κ2) is 8.86. The lowest BCUT2D eigenvalue weighted by Gasteiger charge is -2.13. The number of aryl methyl sites for hydroxylation is 1. The third-order valence-corrected chi connectivity index (χ3v) is 3.50. The van der Waals surface area contributed by atoms with Gasteiger partial charge in [-0.05, 0) is 12.0 Å². The van der Waals surface area contributed by atoms with Crippen molar-refractivity contribution in [1.29, 1.82) is 0 Å². The second-order valence-corrected chi connectivity index (χ2v) is 5.54. The Bertz CT molecular complexity index is 667. The Morgan fingerprint density at radius 2 is 1.88 bits per heavy atom. The Labute approximate surface area is 141 Å². The van der Waals surface area contributed by atoms with E-state index in [1.165, 1.54) is 4.57 Å². The molecule has 0 aliphatic heterocycles. The van der Waals surface area contributed by atoms with E-state index in [1.807, 2.05) is 44.3 Å². The van der Waals surface area contributed by atoms with Crippen LogP contribution in [0.3, 0.4) is 0 Å². The van der Waals surface area contributed by atoms with Crippen molar-refractivity contribution in [3.05, 3.63) is 54.6 Å². The smallest absolute Gasteiger partial charge is 0.364 e. The Morgan fingerprint density at radius 3 is 2.50 bits per heavy atom. The van der Waals surface area contributed by atoms with E-state index in [1.54, 1.807) is 23.3 Å². The minimum absolute atomic E-state index is 0.117. The number of benzene rings is 1. The molecule has 24 heavy (non-hydrogen) atoms. The van der Waals surface area contributed by atoms with Crippen LogP contribution in [0.25, 0.3) is 0 Å². The molecule has 6 nitrogen and oxygen atoms in total. The van der Waals surface area contributed by atoms with Gasteiger partial charge >= 0.3 is 11.9 Å². The van der Waals surface area contributed by atoms with E-state index < -0.39 is 18.0 Å². The summed E-state index contributed by atoms with van der Waals surface area (Å²) in [6.07, 6.45) is 6.72. The van der Waals surface area contributed by atoms with Crippen LogP contribution in [0.4, 0.5) is 0 Å². The number of hydrogen-bond donors (Lipinski definition) is 0. The second-order valence-electron chi connectivity index (χ2n) is 5.54. The van der Waals surface area contributed by atoms with Gasteiger partial charge in [-0.2, -0.15) is 0 Å². The minimum Gasteiger partial charge on any atom is -0.462 e. The SMILES string of the molecule is CCCCOC(=O)[C@H](C(=O)OCc1ccccc1)n1cc[n+](C)c1. The molecule has 0 bridgehead atoms. The molecule has 0 saturated heterocycles. The fraction of sp³-hybridized carbons (Fsp3) is 0.389. The molecule has 2 aromatic rings. The zero-order valence-electron chi connectivity index (χ0n) is 14.1. The Kier molecular flexibility index (Phi) is 6.54. The van der Waals surface area contributed by atoms with Crippen LogP contribution in [-0.2, 0) is 32.7 Å². The Hall–Kier alpha value is -2.63. The number of imidazole rings is 1. The molecule has 1 aromatic carbocycles. The molecule has 0 amide bonds. The molecular formula is C18H23N2O4+. The number of aromatic nitrogens is 2. The molecule has 0 radical (unpaired) electrons. The van der Waals surface area contributed by atoms with Gasteiger partial charge in [-0.1, -0.05) is 43.7 Å². The number of esters is 2. The number of hydrogen-bond acceptors (Lipinski definition) is 4. The normalized spacial score (nSPS) is 11.8. The van der Waals surface area contributed by atoms with E-state index in [0.717, 1.165) is 18.4 Å². The lowest BCUT2D eigenvalue weighted by molar-refractivity contribution is -0.671. The van der Waals surface area contributed by atoms with Gasteiger partial charge in [-0.3, -0.25) is 0 Å². The van der Waals surface area contributed by atoms with Crippen LogP contribution >= 0.6 is 0 Å². The van der Waals surface area contributed by atoms with Crippen LogP contribution in [0.5, 0.6) is 0 Å². The van der Waals surface area contributed by atoms with Crippen LogP contribution in [0.15, 0.2) is 49.1 Å². The summed E-state index contributed by atoms with van der Waals surface area (Å²) < 4.78 is 13.8. The van der Waals surface area contributed by atoms with E-state index in [4.69, 9.17) is 9.47 Å². The van der Waals surface area contributed by atoms with Gasteiger partial charge in [0.1, 0.15) is 19.0 Å². The van der Waals surface area contributed by atoms with Crippen molar-refractivity contribution in [3.8, 4) is 0 Å². The fourth-order valence-electron chi connectivity index (χ4n) is 2.17. The lowest BCUT2D eigenvalue weighted by Crippen LogP contribution is -2.32. The first kappa shape index (κ1) is 17.7. The summed E-state index contributed by atoms with van der Waals surface area (Å²) in [7, 11) is 1.81. The lowest BCUT2D eigenvalue weighted by atomic mass is 10.2. The molecule has 0 fully saturated rings. The summed E-state index contributed by atoms with van der Waals surface area (Å²) in [5, 5.41) is 0. The molecule has 0 saturated carbocycles. The van der Waals surface area contributed by atoms with Gasteiger partial charge in [-0.25, -0.2) is 18.7 Å². The third kappa shape index (κ3) is 4.94. The first-order valence-electron chi connectivity index (χ1n) is 8.01. The summed E-state index contributed by atoms with van der Waals surface area (Å²) in [5.74, 6) is -1.23. The molecule has 0 spiro atoms. The average molecular weight is 331 g/mol. The highest BCUT2D eigenvalue weighted by Crippen LogP contribution is 2.13. The number of unbranched alkanes of at least 4 members (excludes halogenated alkanes) is 1. The predicted octanol–water partition coefficient (Wildman–Crippen LogP) is 1.94. The molecule has 6 heteroatoms. The topological polar surface area (TPSA) is 61.4 Å². The Morgan fingerprint density at radius 1 is 1.17 bits per heavy atom. The fourth-order valence-corrected chi connectivity index (χ4v) is 2.17. The van der Waals surface area contributed by atoms with Crippen molar-refractivity contribution in [3.63, 3.8) is 0 Å². The van der Waals surface area contributed by atoms with Crippen molar-refractivity contribution in [2.75, 3.05) is 6.61 Å². The van der Waals surface area contributed by atoms with Crippen LogP contribution < -0.4 is 4.57 Å². The van der Waals surface area contributed by atoms with Crippen LogP contribution in [0.1, 0.15) is 31.4 Å². The van der Waals surface area contributed by atoms with Gasteiger partial charge in [0, 0.05) is 0 Å². The molecule has 1 heterocycles. The summed E-state index contributed by atoms with van der Waals surface area (Å²) in [4.78, 5) is 24.8. The highest BCUT2D eigenvalue weighted by atomic mass is 16.6. The molecular weight excluding hydrogens is 308 g/mol. The monoisotopic (exact) mass is 331 g/mol. The summed E-state index contributed by atoms with van der Waals surface area (Å²) in [6.45, 7) is 2.42. The average Bonchev–Trinajstić information content (AvgIpc) is 3.00. The van der Waals surface area contributed by atoms with Crippen LogP contribution in [0.2, 0.25) is 0 Å². The van der Waals surface area contributed by atoms with Crippen LogP contribution in [0, 0.1) is 0 Å². The van der Waals surface area contributed by atoms with E-state index in [0.29, 0.717) is 6.61 Å². The largest absolute Gasteiger partial charge is 0.462 e. The number of rotatable bonds is 8. The van der Waals surface area contributed by atoms with Gasteiger partial charge in [0.25, 0.3) is 6.04 Å². The molecule has 0 aliphatic rings. The van der Waals surface area contributed by atoms with Crippen molar-refractivity contribution in [1.82, 2.24) is 4.57 Å². The molecule has 1 atom stereocenters. The van der Waals surface area contributed by atoms with E-state index in [-0.39, 0.29) is 6.61 Å². The van der Waals surface area contributed by atoms with Gasteiger partial charge in [0.15, 0.2) is 0 Å². The maximum Gasteiger partial charge on any atom is 0.364 e. The number of carbonyl (C=O) groups excluding carboxylic acids is 2. The molecule has 0 unspecified atom stereocenters. The highest BCUT2D eigenvalue weighted by Gasteiger charge is 2.36. The van der Waals surface area contributed by atoms with Gasteiger partial charge in [0.2, 0.25) is 6.33 Å². The molecule has 1 aromatic heterocycles. The van der Waals surface area contributed by atoms with Gasteiger partial charge in [-0.15, -0.1) is 0 Å². The molecule has 0 N–H and O–H groups in total. The Balaban J connectivity index is 2.06. The molecule has 0 aliphatic carbocycles. The zero-order chi connectivity index (χ0) is 17.4. The standard InChI is InChI=1S/C18H23N2O4/c1-3-4-12-23-17(21)16(20-11-10-19(2)14-20)18(22)24-13-15-8-6-5-7-9-15/h5-11,14,16H,3-4,12-13H2,1-2H3/q+1/t16-/m1/s1. The summed E-state index contributed by atoms with van der Waals surface area (Å²) in [5.41, 5.74) is 0.863. The van der Waals surface area contributed by atoms with Gasteiger partial charge in [0.05, 0.1) is 13.7 Å². The van der Waals surface area contributed by atoms with Crippen molar-refractivity contribution >= 4 is 11.9 Å². The van der Waals surface area contributed by atoms with E-state index in [9.17, 15) is 9.59 Å². The molecule has 2 rings (SSSR count).